The lowest BCUT2D eigenvalue weighted by Crippen LogP contribution is -2.02. The van der Waals surface area contributed by atoms with E-state index in [1.807, 2.05) is 25.1 Å². The van der Waals surface area contributed by atoms with Gasteiger partial charge in [0.1, 0.15) is 0 Å². The molecule has 0 saturated heterocycles. The standard InChI is InChI=1S/C16H10BrCl2NO/c1-8-2-3-10(12(17)4-8)16(21)11-7-20-14-6-9(18)5-13(19)15(11)14/h2-7,20H,1H3. The zero-order valence-electron chi connectivity index (χ0n) is 11.0. The monoisotopic (exact) mass is 381 g/mol. The first-order valence-electron chi connectivity index (χ1n) is 6.24. The molecule has 21 heavy (non-hydrogen) atoms. The van der Waals surface area contributed by atoms with Crippen molar-refractivity contribution in [3.63, 3.8) is 0 Å². The van der Waals surface area contributed by atoms with Crippen LogP contribution in [0, 0.1) is 6.92 Å². The molecular weight excluding hydrogens is 373 g/mol. The van der Waals surface area contributed by atoms with Crippen molar-refractivity contribution in [2.45, 2.75) is 6.92 Å². The van der Waals surface area contributed by atoms with E-state index in [0.717, 1.165) is 15.6 Å². The van der Waals surface area contributed by atoms with Gasteiger partial charge >= 0.3 is 0 Å². The molecule has 0 aliphatic rings. The smallest absolute Gasteiger partial charge is 0.196 e. The van der Waals surface area contributed by atoms with Gasteiger partial charge in [0.05, 0.1) is 5.02 Å². The lowest BCUT2D eigenvalue weighted by molar-refractivity contribution is 0.103. The number of aromatic nitrogens is 1. The minimum absolute atomic E-state index is 0.0858. The van der Waals surface area contributed by atoms with E-state index in [9.17, 15) is 4.79 Å². The van der Waals surface area contributed by atoms with Gasteiger partial charge in [-0.25, -0.2) is 0 Å². The number of H-pyrrole nitrogens is 1. The third kappa shape index (κ3) is 2.61. The lowest BCUT2D eigenvalue weighted by atomic mass is 10.0. The normalized spacial score (nSPS) is 11.0. The summed E-state index contributed by atoms with van der Waals surface area (Å²) in [7, 11) is 0. The van der Waals surface area contributed by atoms with Gasteiger partial charge in [0.25, 0.3) is 0 Å². The van der Waals surface area contributed by atoms with Crippen LogP contribution in [-0.4, -0.2) is 10.8 Å². The van der Waals surface area contributed by atoms with Gasteiger partial charge in [0, 0.05) is 37.7 Å². The number of aryl methyl sites for hydroxylation is 1. The molecule has 0 spiro atoms. The maximum atomic E-state index is 12.7. The fraction of sp³-hybridized carbons (Fsp3) is 0.0625. The van der Waals surface area contributed by atoms with Crippen LogP contribution < -0.4 is 0 Å². The number of carbonyl (C=O) groups is 1. The summed E-state index contributed by atoms with van der Waals surface area (Å²) < 4.78 is 0.770. The molecule has 5 heteroatoms. The highest BCUT2D eigenvalue weighted by atomic mass is 79.9. The Balaban J connectivity index is 2.18. The number of aromatic amines is 1. The Morgan fingerprint density at radius 3 is 2.62 bits per heavy atom. The van der Waals surface area contributed by atoms with Crippen molar-refractivity contribution in [3.05, 3.63) is 67.7 Å². The maximum Gasteiger partial charge on any atom is 0.196 e. The van der Waals surface area contributed by atoms with Crippen LogP contribution in [0.4, 0.5) is 0 Å². The highest BCUT2D eigenvalue weighted by Crippen LogP contribution is 2.32. The first-order valence-corrected chi connectivity index (χ1v) is 7.79. The Bertz CT molecular complexity index is 870. The molecule has 3 aromatic rings. The highest BCUT2D eigenvalue weighted by Gasteiger charge is 2.18. The summed E-state index contributed by atoms with van der Waals surface area (Å²) in [5.41, 5.74) is 2.98. The molecule has 0 radical (unpaired) electrons. The molecule has 0 atom stereocenters. The van der Waals surface area contributed by atoms with Gasteiger partial charge in [-0.15, -0.1) is 0 Å². The average molecular weight is 383 g/mol. The minimum atomic E-state index is -0.0858. The molecule has 1 aromatic heterocycles. The van der Waals surface area contributed by atoms with Gasteiger partial charge in [0.2, 0.25) is 0 Å². The third-order valence-corrected chi connectivity index (χ3v) is 4.48. The van der Waals surface area contributed by atoms with E-state index in [1.54, 1.807) is 18.3 Å². The number of carbonyl (C=O) groups excluding carboxylic acids is 1. The molecule has 3 rings (SSSR count). The predicted octanol–water partition coefficient (Wildman–Crippen LogP) is 5.78. The second kappa shape index (κ2) is 5.48. The van der Waals surface area contributed by atoms with Crippen molar-refractivity contribution >= 4 is 55.8 Å². The number of rotatable bonds is 2. The summed E-state index contributed by atoms with van der Waals surface area (Å²) in [5, 5.41) is 1.69. The summed E-state index contributed by atoms with van der Waals surface area (Å²) in [5.74, 6) is -0.0858. The summed E-state index contributed by atoms with van der Waals surface area (Å²) >= 11 is 15.7. The second-order valence-electron chi connectivity index (χ2n) is 4.82. The number of nitrogens with one attached hydrogen (secondary N) is 1. The molecule has 1 heterocycles. The van der Waals surface area contributed by atoms with Gasteiger partial charge in [0.15, 0.2) is 5.78 Å². The third-order valence-electron chi connectivity index (χ3n) is 3.31. The summed E-state index contributed by atoms with van der Waals surface area (Å²) in [4.78, 5) is 15.8. The minimum Gasteiger partial charge on any atom is -0.360 e. The zero-order valence-corrected chi connectivity index (χ0v) is 14.1. The molecule has 2 aromatic carbocycles. The Labute approximate surface area is 140 Å². The van der Waals surface area contributed by atoms with Crippen LogP contribution >= 0.6 is 39.1 Å². The van der Waals surface area contributed by atoms with Gasteiger partial charge in [-0.1, -0.05) is 45.2 Å². The lowest BCUT2D eigenvalue weighted by Gasteiger charge is -2.05. The predicted molar refractivity (Wildman–Crippen MR) is 90.6 cm³/mol. The van der Waals surface area contributed by atoms with Gasteiger partial charge < -0.3 is 4.98 Å². The van der Waals surface area contributed by atoms with Crippen molar-refractivity contribution in [1.82, 2.24) is 4.98 Å². The molecule has 0 bridgehead atoms. The van der Waals surface area contributed by atoms with E-state index in [0.29, 0.717) is 26.6 Å². The van der Waals surface area contributed by atoms with Crippen LogP contribution in [-0.2, 0) is 0 Å². The SMILES string of the molecule is Cc1ccc(C(=O)c2c[nH]c3cc(Cl)cc(Cl)c23)c(Br)c1. The van der Waals surface area contributed by atoms with Gasteiger partial charge in [-0.2, -0.15) is 0 Å². The Morgan fingerprint density at radius 1 is 1.14 bits per heavy atom. The van der Waals surface area contributed by atoms with Crippen LogP contribution in [0.25, 0.3) is 10.9 Å². The van der Waals surface area contributed by atoms with Crippen LogP contribution in [0.1, 0.15) is 21.5 Å². The van der Waals surface area contributed by atoms with E-state index in [4.69, 9.17) is 23.2 Å². The number of halogens is 3. The van der Waals surface area contributed by atoms with Crippen molar-refractivity contribution in [2.24, 2.45) is 0 Å². The second-order valence-corrected chi connectivity index (χ2v) is 6.52. The number of fused-ring (bicyclic) bond motifs is 1. The Kier molecular flexibility index (Phi) is 3.82. The summed E-state index contributed by atoms with van der Waals surface area (Å²) in [6.45, 7) is 1.98. The molecule has 0 amide bonds. The molecule has 2 nitrogen and oxygen atoms in total. The van der Waals surface area contributed by atoms with Crippen LogP contribution in [0.2, 0.25) is 10.0 Å². The van der Waals surface area contributed by atoms with E-state index < -0.39 is 0 Å². The molecule has 0 unspecified atom stereocenters. The molecule has 0 fully saturated rings. The van der Waals surface area contributed by atoms with Crippen molar-refractivity contribution < 1.29 is 4.79 Å². The van der Waals surface area contributed by atoms with E-state index in [1.165, 1.54) is 0 Å². The summed E-state index contributed by atoms with van der Waals surface area (Å²) in [6, 6.07) is 9.03. The molecule has 1 N–H and O–H groups in total. The first-order chi connectivity index (χ1) is 9.97. The number of hydrogen-bond acceptors (Lipinski definition) is 1. The number of ketones is 1. The van der Waals surface area contributed by atoms with Crippen LogP contribution in [0.5, 0.6) is 0 Å². The molecule has 0 saturated carbocycles. The van der Waals surface area contributed by atoms with Gasteiger partial charge in [-0.3, -0.25) is 4.79 Å². The van der Waals surface area contributed by atoms with Crippen molar-refractivity contribution in [1.29, 1.82) is 0 Å². The van der Waals surface area contributed by atoms with Crippen molar-refractivity contribution in [3.8, 4) is 0 Å². The van der Waals surface area contributed by atoms with Crippen molar-refractivity contribution in [2.75, 3.05) is 0 Å². The highest BCUT2D eigenvalue weighted by molar-refractivity contribution is 9.10. The molecule has 0 aliphatic carbocycles. The van der Waals surface area contributed by atoms with E-state index in [2.05, 4.69) is 20.9 Å². The summed E-state index contributed by atoms with van der Waals surface area (Å²) in [6.07, 6.45) is 1.67. The number of hydrogen-bond donors (Lipinski definition) is 1. The van der Waals surface area contributed by atoms with Crippen LogP contribution in [0.3, 0.4) is 0 Å². The molecular formula is C16H10BrCl2NO. The fourth-order valence-electron chi connectivity index (χ4n) is 2.31. The first kappa shape index (κ1) is 14.6. The van der Waals surface area contributed by atoms with Gasteiger partial charge in [-0.05, 0) is 36.8 Å². The van der Waals surface area contributed by atoms with E-state index in [-0.39, 0.29) is 5.78 Å². The molecule has 0 aliphatic heterocycles. The average Bonchev–Trinajstić information content (AvgIpc) is 2.81. The van der Waals surface area contributed by atoms with E-state index >= 15 is 0 Å². The zero-order chi connectivity index (χ0) is 15.1. The maximum absolute atomic E-state index is 12.7. The topological polar surface area (TPSA) is 32.9 Å². The number of benzene rings is 2. The Morgan fingerprint density at radius 2 is 1.90 bits per heavy atom. The van der Waals surface area contributed by atoms with Crippen LogP contribution in [0.15, 0.2) is 41.0 Å². The fourth-order valence-corrected chi connectivity index (χ4v) is 3.58. The largest absolute Gasteiger partial charge is 0.360 e. The quantitative estimate of drug-likeness (QED) is 0.560. The molecule has 106 valence electrons. The Hall–Kier alpha value is -1.29.